The van der Waals surface area contributed by atoms with Gasteiger partial charge in [-0.25, -0.2) is 0 Å². The first-order chi connectivity index (χ1) is 24.7. The van der Waals surface area contributed by atoms with Crippen LogP contribution in [0.4, 0.5) is 0 Å². The van der Waals surface area contributed by atoms with Gasteiger partial charge in [0.25, 0.3) is 0 Å². The zero-order valence-electron chi connectivity index (χ0n) is 26.7. The quantitative estimate of drug-likeness (QED) is 0.193. The molecule has 2 aromatic heterocycles. The fourth-order valence-electron chi connectivity index (χ4n) is 7.39. The van der Waals surface area contributed by atoms with Crippen LogP contribution in [0, 0.1) is 34.0 Å². The third kappa shape index (κ3) is 4.31. The number of hydrogen-bond acceptors (Lipinski definition) is 3. The molecule has 0 saturated heterocycles. The lowest BCUT2D eigenvalue weighted by atomic mass is 9.95. The molecule has 5 nitrogen and oxygen atoms in total. The number of para-hydroxylation sites is 3. The highest BCUT2D eigenvalue weighted by Crippen LogP contribution is 2.39. The van der Waals surface area contributed by atoms with Crippen molar-refractivity contribution in [3.8, 4) is 51.8 Å². The van der Waals surface area contributed by atoms with Crippen molar-refractivity contribution in [2.45, 2.75) is 0 Å². The van der Waals surface area contributed by atoms with Crippen LogP contribution < -0.4 is 0 Å². The molecule has 0 aliphatic carbocycles. The SMILES string of the molecule is N#Cc1ccc2c(c1)c1ccccc1n2-c1ccc(-c2ccc(-c3ccc(C#N)c(C#N)c3-n3c4ccccc4c4ccccc43)cc2)cc1. The second-order valence-electron chi connectivity index (χ2n) is 12.3. The number of nitrogens with zero attached hydrogens (tertiary/aromatic N) is 5. The molecule has 0 fully saturated rings. The predicted molar refractivity (Wildman–Crippen MR) is 200 cm³/mol. The van der Waals surface area contributed by atoms with E-state index < -0.39 is 0 Å². The summed E-state index contributed by atoms with van der Waals surface area (Å²) in [7, 11) is 0. The maximum absolute atomic E-state index is 10.4. The highest BCUT2D eigenvalue weighted by Gasteiger charge is 2.21. The van der Waals surface area contributed by atoms with E-state index in [2.05, 4.69) is 112 Å². The van der Waals surface area contributed by atoms with Gasteiger partial charge in [0.05, 0.1) is 50.5 Å². The molecular weight excluding hydrogens is 611 g/mol. The lowest BCUT2D eigenvalue weighted by molar-refractivity contribution is 1.16. The molecule has 0 spiro atoms. The molecule has 5 heteroatoms. The number of benzene rings is 7. The fraction of sp³-hybridized carbons (Fsp3) is 0. The largest absolute Gasteiger partial charge is 0.309 e. The van der Waals surface area contributed by atoms with Gasteiger partial charge in [-0.1, -0.05) is 97.1 Å². The topological polar surface area (TPSA) is 81.2 Å². The van der Waals surface area contributed by atoms with Gasteiger partial charge < -0.3 is 9.13 Å². The van der Waals surface area contributed by atoms with E-state index in [1.807, 2.05) is 60.7 Å². The minimum atomic E-state index is 0.346. The standard InChI is InChI=1S/C45H25N5/c46-26-29-13-24-44-39(25-29)38-9-3-4-10-41(38)49(44)34-21-18-31(19-22-34)30-14-16-32(17-15-30)35-23-20-33(27-47)40(28-48)45(35)50-42-11-5-1-7-36(42)37-8-2-6-12-43(37)50/h1-25H. The third-order valence-corrected chi connectivity index (χ3v) is 9.67. The molecule has 0 bridgehead atoms. The lowest BCUT2D eigenvalue weighted by Gasteiger charge is -2.17. The Labute approximate surface area is 287 Å². The Bertz CT molecular complexity index is 2890. The fourth-order valence-corrected chi connectivity index (χ4v) is 7.39. The zero-order chi connectivity index (χ0) is 33.8. The number of rotatable bonds is 4. The second kappa shape index (κ2) is 11.4. The highest BCUT2D eigenvalue weighted by molar-refractivity contribution is 6.11. The van der Waals surface area contributed by atoms with E-state index in [1.165, 1.54) is 0 Å². The molecule has 0 N–H and O–H groups in total. The minimum Gasteiger partial charge on any atom is -0.309 e. The Kier molecular flexibility index (Phi) is 6.56. The average molecular weight is 636 g/mol. The van der Waals surface area contributed by atoms with Crippen LogP contribution in [0.25, 0.3) is 77.2 Å². The monoisotopic (exact) mass is 635 g/mol. The minimum absolute atomic E-state index is 0.346. The number of nitriles is 3. The molecule has 9 rings (SSSR count). The molecule has 0 atom stereocenters. The van der Waals surface area contributed by atoms with Gasteiger partial charge in [-0.2, -0.15) is 15.8 Å². The van der Waals surface area contributed by atoms with Crippen LogP contribution in [0.1, 0.15) is 16.7 Å². The van der Waals surface area contributed by atoms with Gasteiger partial charge in [-0.05, 0) is 71.3 Å². The summed E-state index contributed by atoms with van der Waals surface area (Å²) in [5, 5.41) is 34.3. The Morgan fingerprint density at radius 3 is 1.50 bits per heavy atom. The van der Waals surface area contributed by atoms with Gasteiger partial charge in [-0.3, -0.25) is 0 Å². The van der Waals surface area contributed by atoms with Crippen LogP contribution >= 0.6 is 0 Å². The van der Waals surface area contributed by atoms with E-state index in [-0.39, 0.29) is 0 Å². The van der Waals surface area contributed by atoms with Gasteiger partial charge in [0.1, 0.15) is 12.1 Å². The number of fused-ring (bicyclic) bond motifs is 6. The first-order valence-electron chi connectivity index (χ1n) is 16.3. The predicted octanol–water partition coefficient (Wildman–Crippen LogP) is 10.8. The molecular formula is C45H25N5. The van der Waals surface area contributed by atoms with Crippen molar-refractivity contribution in [1.82, 2.24) is 9.13 Å². The van der Waals surface area contributed by atoms with Gasteiger partial charge in [0.2, 0.25) is 0 Å². The van der Waals surface area contributed by atoms with Crippen LogP contribution in [0.5, 0.6) is 0 Å². The van der Waals surface area contributed by atoms with E-state index in [0.29, 0.717) is 22.4 Å². The van der Waals surface area contributed by atoms with Crippen molar-refractivity contribution in [3.63, 3.8) is 0 Å². The van der Waals surface area contributed by atoms with Crippen LogP contribution in [0.2, 0.25) is 0 Å². The maximum Gasteiger partial charge on any atom is 0.103 e. The highest BCUT2D eigenvalue weighted by atomic mass is 15.0. The summed E-state index contributed by atoms with van der Waals surface area (Å²) in [5.41, 5.74) is 11.2. The summed E-state index contributed by atoms with van der Waals surface area (Å²) in [6.07, 6.45) is 0. The number of hydrogen-bond donors (Lipinski definition) is 0. The third-order valence-electron chi connectivity index (χ3n) is 9.67. The molecule has 0 aliphatic heterocycles. The summed E-state index contributed by atoms with van der Waals surface area (Å²) in [6, 6.07) is 58.0. The van der Waals surface area contributed by atoms with E-state index >= 15 is 0 Å². The van der Waals surface area contributed by atoms with Crippen LogP contribution in [-0.2, 0) is 0 Å². The molecule has 7 aromatic carbocycles. The summed E-state index contributed by atoms with van der Waals surface area (Å²) in [4.78, 5) is 0. The normalized spacial score (nSPS) is 11.1. The molecule has 0 unspecified atom stereocenters. The smallest absolute Gasteiger partial charge is 0.103 e. The Balaban J connectivity index is 1.14. The van der Waals surface area contributed by atoms with Crippen molar-refractivity contribution in [1.29, 1.82) is 15.8 Å². The van der Waals surface area contributed by atoms with Gasteiger partial charge in [0, 0.05) is 32.8 Å². The molecule has 0 amide bonds. The summed E-state index contributed by atoms with van der Waals surface area (Å²) >= 11 is 0. The summed E-state index contributed by atoms with van der Waals surface area (Å²) in [6.45, 7) is 0. The van der Waals surface area contributed by atoms with Crippen molar-refractivity contribution >= 4 is 43.6 Å². The van der Waals surface area contributed by atoms with Gasteiger partial charge >= 0.3 is 0 Å². The van der Waals surface area contributed by atoms with E-state index in [4.69, 9.17) is 0 Å². The molecule has 230 valence electrons. The van der Waals surface area contributed by atoms with Crippen LogP contribution in [0.3, 0.4) is 0 Å². The molecule has 50 heavy (non-hydrogen) atoms. The first-order valence-corrected chi connectivity index (χ1v) is 16.3. The lowest BCUT2D eigenvalue weighted by Crippen LogP contribution is -2.03. The van der Waals surface area contributed by atoms with E-state index in [0.717, 1.165) is 71.6 Å². The van der Waals surface area contributed by atoms with E-state index in [1.54, 1.807) is 6.07 Å². The first kappa shape index (κ1) is 28.8. The molecule has 0 aliphatic rings. The Morgan fingerprint density at radius 2 is 0.920 bits per heavy atom. The van der Waals surface area contributed by atoms with Crippen LogP contribution in [0.15, 0.2) is 152 Å². The van der Waals surface area contributed by atoms with Crippen molar-refractivity contribution < 1.29 is 0 Å². The van der Waals surface area contributed by atoms with Gasteiger partial charge in [0.15, 0.2) is 0 Å². The second-order valence-corrected chi connectivity index (χ2v) is 12.3. The molecule has 2 heterocycles. The number of aromatic nitrogens is 2. The van der Waals surface area contributed by atoms with Gasteiger partial charge in [-0.15, -0.1) is 0 Å². The van der Waals surface area contributed by atoms with Crippen molar-refractivity contribution in [3.05, 3.63) is 168 Å². The van der Waals surface area contributed by atoms with Crippen molar-refractivity contribution in [2.75, 3.05) is 0 Å². The summed E-state index contributed by atoms with van der Waals surface area (Å²) < 4.78 is 4.37. The summed E-state index contributed by atoms with van der Waals surface area (Å²) in [5.74, 6) is 0. The Hall–Kier alpha value is -7.39. The van der Waals surface area contributed by atoms with E-state index in [9.17, 15) is 15.8 Å². The van der Waals surface area contributed by atoms with Crippen molar-refractivity contribution in [2.24, 2.45) is 0 Å². The molecule has 0 saturated carbocycles. The zero-order valence-corrected chi connectivity index (χ0v) is 26.7. The van der Waals surface area contributed by atoms with Crippen LogP contribution in [-0.4, -0.2) is 9.13 Å². The average Bonchev–Trinajstić information content (AvgIpc) is 3.70. The molecule has 0 radical (unpaired) electrons. The molecule has 9 aromatic rings. The Morgan fingerprint density at radius 1 is 0.400 bits per heavy atom. The maximum atomic E-state index is 10.4.